The highest BCUT2D eigenvalue weighted by Crippen LogP contribution is 2.31. The maximum absolute atomic E-state index is 13.4. The van der Waals surface area contributed by atoms with Crippen molar-refractivity contribution in [3.8, 4) is 0 Å². The zero-order valence-electron chi connectivity index (χ0n) is 17.0. The number of carbonyl (C=O) groups is 1. The fourth-order valence-corrected chi connectivity index (χ4v) is 5.11. The minimum absolute atomic E-state index is 0.0986. The standard InChI is InChI=1S/C22H22N4O3S2/c1-29-11-5-10-24-18(27)14-30-22-25-19-16-7-2-3-8-17(16)31-20(19)21(28)26(22)13-15-6-4-9-23-12-15/h2-4,6-9,12H,5,10-11,13-14H2,1H3,(H,24,27). The number of rotatable bonds is 9. The van der Waals surface area contributed by atoms with Gasteiger partial charge in [-0.1, -0.05) is 36.0 Å². The quantitative estimate of drug-likeness (QED) is 0.237. The molecular weight excluding hydrogens is 432 g/mol. The minimum atomic E-state index is -0.0990. The lowest BCUT2D eigenvalue weighted by Crippen LogP contribution is -2.28. The lowest BCUT2D eigenvalue weighted by atomic mass is 10.2. The van der Waals surface area contributed by atoms with E-state index in [1.165, 1.54) is 23.1 Å². The number of amides is 1. The van der Waals surface area contributed by atoms with Gasteiger partial charge in [-0.15, -0.1) is 11.3 Å². The van der Waals surface area contributed by atoms with E-state index < -0.39 is 0 Å². The molecule has 0 aliphatic rings. The SMILES string of the molecule is COCCCNC(=O)CSc1nc2c(sc3ccccc32)c(=O)n1Cc1cccnc1. The first-order chi connectivity index (χ1) is 15.2. The Morgan fingerprint density at radius 3 is 2.94 bits per heavy atom. The third-order valence-electron chi connectivity index (χ3n) is 4.69. The molecule has 0 bridgehead atoms. The first kappa shape index (κ1) is 21.5. The lowest BCUT2D eigenvalue weighted by molar-refractivity contribution is -0.118. The normalized spacial score (nSPS) is 11.3. The third kappa shape index (κ3) is 4.95. The van der Waals surface area contributed by atoms with Crippen LogP contribution in [0.3, 0.4) is 0 Å². The van der Waals surface area contributed by atoms with E-state index in [-0.39, 0.29) is 17.2 Å². The Balaban J connectivity index is 1.67. The van der Waals surface area contributed by atoms with E-state index in [1.54, 1.807) is 24.1 Å². The van der Waals surface area contributed by atoms with Crippen molar-refractivity contribution in [1.29, 1.82) is 0 Å². The fourth-order valence-electron chi connectivity index (χ4n) is 3.20. The molecule has 3 aromatic heterocycles. The molecule has 0 saturated carbocycles. The number of carbonyl (C=O) groups excluding carboxylic acids is 1. The van der Waals surface area contributed by atoms with E-state index >= 15 is 0 Å². The molecule has 160 valence electrons. The molecule has 1 aromatic carbocycles. The van der Waals surface area contributed by atoms with Gasteiger partial charge in [-0.25, -0.2) is 4.98 Å². The summed E-state index contributed by atoms with van der Waals surface area (Å²) in [7, 11) is 1.63. The second-order valence-electron chi connectivity index (χ2n) is 6.91. The van der Waals surface area contributed by atoms with Crippen LogP contribution in [0.2, 0.25) is 0 Å². The molecule has 0 unspecified atom stereocenters. The largest absolute Gasteiger partial charge is 0.385 e. The van der Waals surface area contributed by atoms with Gasteiger partial charge in [0.05, 0.1) is 17.8 Å². The number of methoxy groups -OCH3 is 1. The molecule has 31 heavy (non-hydrogen) atoms. The van der Waals surface area contributed by atoms with E-state index in [0.29, 0.717) is 35.1 Å². The van der Waals surface area contributed by atoms with Crippen molar-refractivity contribution in [2.24, 2.45) is 0 Å². The van der Waals surface area contributed by atoms with Gasteiger partial charge in [0.25, 0.3) is 5.56 Å². The summed E-state index contributed by atoms with van der Waals surface area (Å²) in [6.45, 7) is 1.50. The number of nitrogens with one attached hydrogen (secondary N) is 1. The predicted molar refractivity (Wildman–Crippen MR) is 125 cm³/mol. The van der Waals surface area contributed by atoms with Crippen LogP contribution in [0.25, 0.3) is 20.3 Å². The molecule has 0 aliphatic heterocycles. The van der Waals surface area contributed by atoms with Gasteiger partial charge in [-0.3, -0.25) is 19.1 Å². The average Bonchev–Trinajstić information content (AvgIpc) is 3.17. The zero-order chi connectivity index (χ0) is 21.6. The minimum Gasteiger partial charge on any atom is -0.385 e. The monoisotopic (exact) mass is 454 g/mol. The number of aromatic nitrogens is 3. The van der Waals surface area contributed by atoms with Crippen molar-refractivity contribution in [1.82, 2.24) is 19.9 Å². The average molecular weight is 455 g/mol. The van der Waals surface area contributed by atoms with Crippen LogP contribution >= 0.6 is 23.1 Å². The summed E-state index contributed by atoms with van der Waals surface area (Å²) in [6.07, 6.45) is 4.19. The van der Waals surface area contributed by atoms with Crippen molar-refractivity contribution in [2.75, 3.05) is 26.0 Å². The molecule has 0 radical (unpaired) electrons. The van der Waals surface area contributed by atoms with Gasteiger partial charge in [-0.05, 0) is 24.1 Å². The van der Waals surface area contributed by atoms with Crippen LogP contribution in [0.5, 0.6) is 0 Å². The molecule has 1 N–H and O–H groups in total. The maximum Gasteiger partial charge on any atom is 0.272 e. The molecule has 0 saturated heterocycles. The zero-order valence-corrected chi connectivity index (χ0v) is 18.7. The lowest BCUT2D eigenvalue weighted by Gasteiger charge is -2.12. The van der Waals surface area contributed by atoms with Gasteiger partial charge in [0.15, 0.2) is 5.16 Å². The Hall–Kier alpha value is -2.75. The van der Waals surface area contributed by atoms with Gasteiger partial charge in [0.2, 0.25) is 5.91 Å². The Labute approximate surface area is 187 Å². The first-order valence-electron chi connectivity index (χ1n) is 9.87. The smallest absolute Gasteiger partial charge is 0.272 e. The first-order valence-corrected chi connectivity index (χ1v) is 11.7. The number of nitrogens with zero attached hydrogens (tertiary/aromatic N) is 3. The van der Waals surface area contributed by atoms with E-state index in [1.807, 2.05) is 36.4 Å². The molecule has 9 heteroatoms. The summed E-state index contributed by atoms with van der Waals surface area (Å²) < 4.78 is 8.28. The number of hydrogen-bond acceptors (Lipinski definition) is 7. The topological polar surface area (TPSA) is 86.1 Å². The van der Waals surface area contributed by atoms with Gasteiger partial charge < -0.3 is 10.1 Å². The highest BCUT2D eigenvalue weighted by atomic mass is 32.2. The number of benzene rings is 1. The van der Waals surface area contributed by atoms with E-state index in [4.69, 9.17) is 9.72 Å². The summed E-state index contributed by atoms with van der Waals surface area (Å²) in [5.74, 6) is 0.0820. The van der Waals surface area contributed by atoms with Gasteiger partial charge in [0, 0.05) is 42.7 Å². The van der Waals surface area contributed by atoms with Crippen molar-refractivity contribution < 1.29 is 9.53 Å². The molecule has 0 atom stereocenters. The Kier molecular flexibility index (Phi) is 6.96. The van der Waals surface area contributed by atoms with Crippen LogP contribution in [-0.4, -0.2) is 46.5 Å². The molecule has 1 amide bonds. The van der Waals surface area contributed by atoms with Crippen LogP contribution in [0.15, 0.2) is 58.7 Å². The van der Waals surface area contributed by atoms with Crippen LogP contribution in [-0.2, 0) is 16.1 Å². The summed E-state index contributed by atoms with van der Waals surface area (Å²) in [5.41, 5.74) is 1.49. The van der Waals surface area contributed by atoms with Gasteiger partial charge >= 0.3 is 0 Å². The van der Waals surface area contributed by atoms with Crippen LogP contribution in [0, 0.1) is 0 Å². The van der Waals surface area contributed by atoms with E-state index in [9.17, 15) is 9.59 Å². The van der Waals surface area contributed by atoms with Gasteiger partial charge in [0.1, 0.15) is 4.70 Å². The Morgan fingerprint density at radius 1 is 1.26 bits per heavy atom. The van der Waals surface area contributed by atoms with Crippen molar-refractivity contribution >= 4 is 49.3 Å². The van der Waals surface area contributed by atoms with Crippen molar-refractivity contribution in [3.63, 3.8) is 0 Å². The predicted octanol–water partition coefficient (Wildman–Crippen LogP) is 3.30. The van der Waals surface area contributed by atoms with Crippen LogP contribution in [0.1, 0.15) is 12.0 Å². The number of fused-ring (bicyclic) bond motifs is 3. The highest BCUT2D eigenvalue weighted by Gasteiger charge is 2.17. The molecule has 0 aliphatic carbocycles. The maximum atomic E-state index is 13.4. The highest BCUT2D eigenvalue weighted by molar-refractivity contribution is 7.99. The van der Waals surface area contributed by atoms with E-state index in [2.05, 4.69) is 10.3 Å². The molecular formula is C22H22N4O3S2. The van der Waals surface area contributed by atoms with Gasteiger partial charge in [-0.2, -0.15) is 0 Å². The number of thioether (sulfide) groups is 1. The number of hydrogen-bond donors (Lipinski definition) is 1. The van der Waals surface area contributed by atoms with E-state index in [0.717, 1.165) is 22.1 Å². The number of ether oxygens (including phenoxy) is 1. The Bertz CT molecular complexity index is 1250. The molecule has 0 fully saturated rings. The summed E-state index contributed by atoms with van der Waals surface area (Å²) >= 11 is 2.72. The molecule has 4 aromatic rings. The van der Waals surface area contributed by atoms with Crippen LogP contribution < -0.4 is 10.9 Å². The third-order valence-corrected chi connectivity index (χ3v) is 6.81. The molecule has 7 nitrogen and oxygen atoms in total. The fraction of sp³-hybridized carbons (Fsp3) is 0.273. The van der Waals surface area contributed by atoms with Crippen molar-refractivity contribution in [3.05, 3.63) is 64.7 Å². The Morgan fingerprint density at radius 2 is 2.13 bits per heavy atom. The summed E-state index contributed by atoms with van der Waals surface area (Å²) in [4.78, 5) is 34.6. The number of thiophene rings is 1. The second kappa shape index (κ2) is 10.0. The second-order valence-corrected chi connectivity index (χ2v) is 8.90. The molecule has 0 spiro atoms. The molecule has 3 heterocycles. The summed E-state index contributed by atoms with van der Waals surface area (Å²) in [5, 5.41) is 4.35. The number of pyridine rings is 1. The van der Waals surface area contributed by atoms with Crippen molar-refractivity contribution in [2.45, 2.75) is 18.1 Å². The molecule has 4 rings (SSSR count). The summed E-state index contributed by atoms with van der Waals surface area (Å²) in [6, 6.07) is 11.6. The van der Waals surface area contributed by atoms with Crippen LogP contribution in [0.4, 0.5) is 0 Å².